The van der Waals surface area contributed by atoms with E-state index in [1.165, 1.54) is 61.2 Å². The zero-order valence-electron chi connectivity index (χ0n) is 24.3. The van der Waals surface area contributed by atoms with Crippen molar-refractivity contribution in [2.24, 2.45) is 0 Å². The van der Waals surface area contributed by atoms with Gasteiger partial charge < -0.3 is 0 Å². The molecule has 0 atom stereocenters. The molecule has 6 rings (SSSR count). The first-order valence-electron chi connectivity index (χ1n) is 13.9. The molecule has 2 aliphatic carbocycles. The van der Waals surface area contributed by atoms with Gasteiger partial charge in [0.25, 0.3) is 0 Å². The van der Waals surface area contributed by atoms with Crippen molar-refractivity contribution in [2.75, 3.05) is 0 Å². The molecule has 0 unspecified atom stereocenters. The normalized spacial score (nSPS) is 15.3. The second-order valence-corrected chi connectivity index (χ2v) is 14.9. The summed E-state index contributed by atoms with van der Waals surface area (Å²) in [5.74, 6) is 0. The number of rotatable bonds is 0. The fraction of sp³-hybridized carbons (Fsp3) is 0.351. The monoisotopic (exact) mass is 518 g/mol. The highest BCUT2D eigenvalue weighted by molar-refractivity contribution is 6.30. The maximum atomic E-state index is 6.79. The van der Waals surface area contributed by atoms with Crippen LogP contribution in [0.3, 0.4) is 0 Å². The molecule has 0 aromatic heterocycles. The Balaban J connectivity index is 1.83. The van der Waals surface area contributed by atoms with Gasteiger partial charge in [0.05, 0.1) is 5.41 Å². The SMILES string of the molecule is CC(C)(C)c1ccc2c(c1)C1(c3cc(Cl)ccc3-2)c2cc(C(C)(C)C)ccc2-c2ccc(C(C)(C)C)cc21. The summed E-state index contributed by atoms with van der Waals surface area (Å²) in [7, 11) is 0. The van der Waals surface area contributed by atoms with Gasteiger partial charge in [-0.1, -0.05) is 135 Å². The zero-order valence-corrected chi connectivity index (χ0v) is 25.1. The largest absolute Gasteiger partial charge is 0.0843 e. The topological polar surface area (TPSA) is 0 Å². The van der Waals surface area contributed by atoms with Gasteiger partial charge in [0, 0.05) is 5.02 Å². The molecule has 0 heterocycles. The average molecular weight is 519 g/mol. The highest BCUT2D eigenvalue weighted by Gasteiger charge is 2.52. The number of halogens is 1. The van der Waals surface area contributed by atoms with Gasteiger partial charge in [-0.05, 0) is 89.6 Å². The quantitative estimate of drug-likeness (QED) is 0.187. The second-order valence-electron chi connectivity index (χ2n) is 14.5. The van der Waals surface area contributed by atoms with Gasteiger partial charge in [-0.3, -0.25) is 0 Å². The molecule has 4 aromatic rings. The van der Waals surface area contributed by atoms with Gasteiger partial charge in [-0.25, -0.2) is 0 Å². The van der Waals surface area contributed by atoms with Crippen molar-refractivity contribution < 1.29 is 0 Å². The van der Waals surface area contributed by atoms with Crippen LogP contribution >= 0.6 is 11.6 Å². The molecule has 4 aromatic carbocycles. The number of hydrogen-bond acceptors (Lipinski definition) is 0. The van der Waals surface area contributed by atoms with E-state index in [2.05, 4.69) is 135 Å². The highest BCUT2D eigenvalue weighted by atomic mass is 35.5. The Hall–Kier alpha value is -2.83. The summed E-state index contributed by atoms with van der Waals surface area (Å²) in [6.07, 6.45) is 0. The minimum absolute atomic E-state index is 0.0490. The summed E-state index contributed by atoms with van der Waals surface area (Å²) in [5.41, 5.74) is 14.6. The van der Waals surface area contributed by atoms with E-state index >= 15 is 0 Å². The molecular weight excluding hydrogens is 480 g/mol. The van der Waals surface area contributed by atoms with Crippen LogP contribution in [0, 0.1) is 0 Å². The molecule has 1 heteroatoms. The third kappa shape index (κ3) is 3.49. The van der Waals surface area contributed by atoms with Gasteiger partial charge in [0.2, 0.25) is 0 Å². The Bertz CT molecular complexity index is 1510. The van der Waals surface area contributed by atoms with Crippen LogP contribution in [0.4, 0.5) is 0 Å². The number of fused-ring (bicyclic) bond motifs is 10. The lowest BCUT2D eigenvalue weighted by atomic mass is 9.68. The van der Waals surface area contributed by atoms with Gasteiger partial charge in [0.1, 0.15) is 0 Å². The van der Waals surface area contributed by atoms with E-state index in [4.69, 9.17) is 11.6 Å². The first kappa shape index (κ1) is 25.4. The molecule has 1 spiro atoms. The third-order valence-corrected chi connectivity index (χ3v) is 9.07. The van der Waals surface area contributed by atoms with E-state index in [9.17, 15) is 0 Å². The molecule has 0 fully saturated rings. The maximum Gasteiger partial charge on any atom is 0.0726 e. The van der Waals surface area contributed by atoms with Crippen molar-refractivity contribution in [3.63, 3.8) is 0 Å². The van der Waals surface area contributed by atoms with Gasteiger partial charge in [0.15, 0.2) is 0 Å². The molecule has 38 heavy (non-hydrogen) atoms. The van der Waals surface area contributed by atoms with E-state index in [0.29, 0.717) is 0 Å². The lowest BCUT2D eigenvalue weighted by Gasteiger charge is -2.33. The van der Waals surface area contributed by atoms with Crippen molar-refractivity contribution in [2.45, 2.75) is 84.0 Å². The smallest absolute Gasteiger partial charge is 0.0726 e. The van der Waals surface area contributed by atoms with Crippen molar-refractivity contribution in [3.8, 4) is 22.3 Å². The van der Waals surface area contributed by atoms with Crippen molar-refractivity contribution in [3.05, 3.63) is 117 Å². The zero-order chi connectivity index (χ0) is 27.4. The summed E-state index contributed by atoms with van der Waals surface area (Å²) in [6.45, 7) is 20.8. The standard InChI is InChI=1S/C37H39Cl/c1-34(2,3)22-10-14-26-27-15-11-23(35(4,5)6)19-31(27)37(30(26)18-22)32-20-24(36(7,8)9)12-16-28(32)29-17-13-25(38)21-33(29)37/h10-21H,1-9H3. The van der Waals surface area contributed by atoms with Crippen LogP contribution < -0.4 is 0 Å². The van der Waals surface area contributed by atoms with E-state index in [0.717, 1.165) is 5.02 Å². The van der Waals surface area contributed by atoms with Crippen molar-refractivity contribution >= 4 is 11.6 Å². The van der Waals surface area contributed by atoms with Crippen LogP contribution in [0.2, 0.25) is 5.02 Å². The molecule has 0 bridgehead atoms. The van der Waals surface area contributed by atoms with Crippen LogP contribution in [0.5, 0.6) is 0 Å². The van der Waals surface area contributed by atoms with E-state index < -0.39 is 5.41 Å². The molecule has 0 radical (unpaired) electrons. The molecule has 0 amide bonds. The summed E-state index contributed by atoms with van der Waals surface area (Å²) in [6, 6.07) is 28.1. The summed E-state index contributed by atoms with van der Waals surface area (Å²) < 4.78 is 0. The van der Waals surface area contributed by atoms with Gasteiger partial charge >= 0.3 is 0 Å². The molecule has 0 saturated heterocycles. The van der Waals surface area contributed by atoms with Crippen LogP contribution in [0.1, 0.15) is 101 Å². The summed E-state index contributed by atoms with van der Waals surface area (Å²) in [5, 5.41) is 0.793. The summed E-state index contributed by atoms with van der Waals surface area (Å²) >= 11 is 6.79. The fourth-order valence-corrected chi connectivity index (χ4v) is 6.77. The number of benzene rings is 4. The number of hydrogen-bond donors (Lipinski definition) is 0. The van der Waals surface area contributed by atoms with Crippen LogP contribution in [-0.4, -0.2) is 0 Å². The Kier molecular flexibility index (Phi) is 5.26. The average Bonchev–Trinajstić information content (AvgIpc) is 3.27. The second kappa shape index (κ2) is 7.86. The first-order chi connectivity index (χ1) is 17.6. The Morgan fingerprint density at radius 3 is 1.03 bits per heavy atom. The molecule has 0 saturated carbocycles. The fourth-order valence-electron chi connectivity index (χ4n) is 6.60. The minimum Gasteiger partial charge on any atom is -0.0843 e. The van der Waals surface area contributed by atoms with Crippen molar-refractivity contribution in [1.82, 2.24) is 0 Å². The molecule has 0 aliphatic heterocycles. The molecule has 0 nitrogen and oxygen atoms in total. The minimum atomic E-state index is -0.399. The van der Waals surface area contributed by atoms with E-state index in [-0.39, 0.29) is 16.2 Å². The Morgan fingerprint density at radius 1 is 0.421 bits per heavy atom. The van der Waals surface area contributed by atoms with E-state index in [1.807, 2.05) is 0 Å². The molecule has 2 aliphatic rings. The molecule has 0 N–H and O–H groups in total. The molecular formula is C37H39Cl. The Morgan fingerprint density at radius 2 is 0.711 bits per heavy atom. The Labute approximate surface area is 234 Å². The van der Waals surface area contributed by atoms with Crippen LogP contribution in [-0.2, 0) is 21.7 Å². The summed E-state index contributed by atoms with van der Waals surface area (Å²) in [4.78, 5) is 0. The predicted octanol–water partition coefficient (Wildman–Crippen LogP) is 10.6. The first-order valence-corrected chi connectivity index (χ1v) is 14.3. The third-order valence-electron chi connectivity index (χ3n) is 8.83. The predicted molar refractivity (Wildman–Crippen MR) is 164 cm³/mol. The highest BCUT2D eigenvalue weighted by Crippen LogP contribution is 2.64. The molecule has 194 valence electrons. The van der Waals surface area contributed by atoms with Crippen LogP contribution in [0.25, 0.3) is 22.3 Å². The van der Waals surface area contributed by atoms with E-state index in [1.54, 1.807) is 0 Å². The lowest BCUT2D eigenvalue weighted by Crippen LogP contribution is -2.28. The van der Waals surface area contributed by atoms with Crippen LogP contribution in [0.15, 0.2) is 72.8 Å². The maximum absolute atomic E-state index is 6.79. The van der Waals surface area contributed by atoms with Gasteiger partial charge in [-0.15, -0.1) is 0 Å². The lowest BCUT2D eigenvalue weighted by molar-refractivity contribution is 0.584. The van der Waals surface area contributed by atoms with Gasteiger partial charge in [-0.2, -0.15) is 0 Å². The van der Waals surface area contributed by atoms with Crippen molar-refractivity contribution in [1.29, 1.82) is 0 Å².